The number of nitrogens with one attached hydrogen (secondary N) is 1. The van der Waals surface area contributed by atoms with Crippen LogP contribution in [-0.4, -0.2) is 45.7 Å². The van der Waals surface area contributed by atoms with E-state index in [1.165, 1.54) is 6.07 Å². The monoisotopic (exact) mass is 565 g/mol. The average molecular weight is 566 g/mol. The van der Waals surface area contributed by atoms with Crippen LogP contribution in [0.1, 0.15) is 78.5 Å². The topological polar surface area (TPSA) is 122 Å². The number of benzene rings is 1. The molecule has 0 unspecified atom stereocenters. The molecule has 5 rings (SSSR count). The molecule has 1 aromatic carbocycles. The number of aromatic carboxylic acids is 1. The predicted molar refractivity (Wildman–Crippen MR) is 153 cm³/mol. The third kappa shape index (κ3) is 5.30. The van der Waals surface area contributed by atoms with Crippen LogP contribution >= 0.6 is 11.6 Å². The maximum atomic E-state index is 13.5. The Morgan fingerprint density at radius 1 is 1.25 bits per heavy atom. The van der Waals surface area contributed by atoms with E-state index in [4.69, 9.17) is 20.8 Å². The Balaban J connectivity index is 1.48. The summed E-state index contributed by atoms with van der Waals surface area (Å²) < 4.78 is 12.2. The Morgan fingerprint density at radius 3 is 2.62 bits per heavy atom. The van der Waals surface area contributed by atoms with Crippen molar-refractivity contribution in [2.45, 2.75) is 65.0 Å². The van der Waals surface area contributed by atoms with Crippen LogP contribution in [0.25, 0.3) is 16.5 Å². The summed E-state index contributed by atoms with van der Waals surface area (Å²) in [6.45, 7) is 8.30. The van der Waals surface area contributed by atoms with Crippen molar-refractivity contribution >= 4 is 45.9 Å². The van der Waals surface area contributed by atoms with E-state index in [-0.39, 0.29) is 28.0 Å². The van der Waals surface area contributed by atoms with Crippen LogP contribution in [0, 0.1) is 13.8 Å². The summed E-state index contributed by atoms with van der Waals surface area (Å²) >= 11 is 5.91. The van der Waals surface area contributed by atoms with Gasteiger partial charge < -0.3 is 24.5 Å². The number of carboxylic acids is 1. The van der Waals surface area contributed by atoms with Crippen LogP contribution in [0.15, 0.2) is 39.6 Å². The molecule has 210 valence electrons. The molecule has 1 aliphatic carbocycles. The third-order valence-corrected chi connectivity index (χ3v) is 8.01. The first-order chi connectivity index (χ1) is 19.0. The van der Waals surface area contributed by atoms with Crippen molar-refractivity contribution in [3.05, 3.63) is 73.9 Å². The summed E-state index contributed by atoms with van der Waals surface area (Å²) in [4.78, 5) is 43.6. The van der Waals surface area contributed by atoms with Gasteiger partial charge in [0.15, 0.2) is 11.1 Å². The standard InChI is InChI=1S/C30H32ClN3O6/c1-16-14-20(18(3)32-22-6-7-23(31)33-24(22)28(36)37)27-21(15-16)25(35)17(2)26(39-27)19-8-12-34(13-9-19)29(38)40-30(4)10-5-11-30/h6-8,14-15,18,32H,5,9-13H2,1-4H3,(H,36,37)/t18-/m1/s1. The van der Waals surface area contributed by atoms with Gasteiger partial charge in [-0.2, -0.15) is 0 Å². The molecule has 2 N–H and O–H groups in total. The van der Waals surface area contributed by atoms with E-state index < -0.39 is 12.0 Å². The average Bonchev–Trinajstić information content (AvgIpc) is 2.90. The number of carbonyl (C=O) groups is 2. The van der Waals surface area contributed by atoms with Crippen LogP contribution < -0.4 is 10.7 Å². The zero-order chi connectivity index (χ0) is 28.8. The van der Waals surface area contributed by atoms with Crippen LogP contribution in [-0.2, 0) is 4.74 Å². The quantitative estimate of drug-likeness (QED) is 0.325. The largest absolute Gasteiger partial charge is 0.476 e. The van der Waals surface area contributed by atoms with Crippen molar-refractivity contribution in [1.82, 2.24) is 9.88 Å². The molecule has 0 spiro atoms. The Hall–Kier alpha value is -3.85. The van der Waals surface area contributed by atoms with E-state index >= 15 is 0 Å². The first-order valence-electron chi connectivity index (χ1n) is 13.4. The first-order valence-corrected chi connectivity index (χ1v) is 13.8. The second-order valence-electron chi connectivity index (χ2n) is 10.9. The van der Waals surface area contributed by atoms with E-state index in [1.807, 2.05) is 32.9 Å². The molecule has 9 nitrogen and oxygen atoms in total. The number of carbonyl (C=O) groups excluding carboxylic acids is 1. The fourth-order valence-corrected chi connectivity index (χ4v) is 5.46. The number of hydrogen-bond acceptors (Lipinski definition) is 7. The van der Waals surface area contributed by atoms with Gasteiger partial charge in [0.25, 0.3) is 0 Å². The lowest BCUT2D eigenvalue weighted by Crippen LogP contribution is -2.44. The number of amides is 1. The van der Waals surface area contributed by atoms with Crippen LogP contribution in [0.4, 0.5) is 10.5 Å². The second-order valence-corrected chi connectivity index (χ2v) is 11.3. The summed E-state index contributed by atoms with van der Waals surface area (Å²) in [6, 6.07) is 6.36. The number of aryl methyl sites for hydroxylation is 1. The zero-order valence-electron chi connectivity index (χ0n) is 23.0. The van der Waals surface area contributed by atoms with Crippen molar-refractivity contribution in [3.8, 4) is 0 Å². The zero-order valence-corrected chi connectivity index (χ0v) is 23.7. The fraction of sp³-hybridized carbons (Fsp3) is 0.400. The molecule has 2 aromatic heterocycles. The lowest BCUT2D eigenvalue weighted by molar-refractivity contribution is -0.0467. The van der Waals surface area contributed by atoms with Gasteiger partial charge in [0, 0.05) is 24.2 Å². The molecule has 0 bridgehead atoms. The molecule has 1 fully saturated rings. The Bertz CT molecular complexity index is 1610. The summed E-state index contributed by atoms with van der Waals surface area (Å²) in [5.74, 6) is -0.715. The number of halogens is 1. The number of aromatic nitrogens is 1. The molecule has 1 saturated carbocycles. The predicted octanol–water partition coefficient (Wildman–Crippen LogP) is 6.50. The second kappa shape index (κ2) is 10.6. The number of carboxylic acid groups (broad SMARTS) is 1. The van der Waals surface area contributed by atoms with Crippen LogP contribution in [0.2, 0.25) is 5.15 Å². The van der Waals surface area contributed by atoms with Crippen LogP contribution in [0.5, 0.6) is 0 Å². The van der Waals surface area contributed by atoms with Gasteiger partial charge >= 0.3 is 12.1 Å². The number of pyridine rings is 1. The Morgan fingerprint density at radius 2 is 2.00 bits per heavy atom. The molecule has 0 radical (unpaired) electrons. The summed E-state index contributed by atoms with van der Waals surface area (Å²) in [7, 11) is 0. The van der Waals surface area contributed by atoms with Crippen molar-refractivity contribution in [2.24, 2.45) is 0 Å². The maximum Gasteiger partial charge on any atom is 0.410 e. The molecule has 40 heavy (non-hydrogen) atoms. The smallest absolute Gasteiger partial charge is 0.410 e. The highest BCUT2D eigenvalue weighted by Crippen LogP contribution is 2.36. The summed E-state index contributed by atoms with van der Waals surface area (Å²) in [5.41, 5.74) is 2.97. The van der Waals surface area contributed by atoms with Gasteiger partial charge in [0.2, 0.25) is 0 Å². The Kier molecular flexibility index (Phi) is 7.35. The van der Waals surface area contributed by atoms with Crippen molar-refractivity contribution < 1.29 is 23.8 Å². The minimum atomic E-state index is -1.21. The number of nitrogens with zero attached hydrogens (tertiary/aromatic N) is 2. The van der Waals surface area contributed by atoms with Gasteiger partial charge in [0.05, 0.1) is 17.1 Å². The summed E-state index contributed by atoms with van der Waals surface area (Å²) in [6.07, 6.45) is 4.96. The number of fused-ring (bicyclic) bond motifs is 1. The van der Waals surface area contributed by atoms with Crippen LogP contribution in [0.3, 0.4) is 0 Å². The highest BCUT2D eigenvalue weighted by atomic mass is 35.5. The number of ether oxygens (including phenoxy) is 1. The van der Waals surface area contributed by atoms with Gasteiger partial charge in [-0.05, 0) is 82.7 Å². The SMILES string of the molecule is Cc1cc([C@@H](C)Nc2ccc(Cl)nc2C(=O)O)c2oc(C3=CCN(C(=O)OC4(C)CCC4)CC3)c(C)c(=O)c2c1. The van der Waals surface area contributed by atoms with E-state index in [2.05, 4.69) is 10.3 Å². The molecule has 1 amide bonds. The normalized spacial score (nSPS) is 17.1. The lowest BCUT2D eigenvalue weighted by atomic mass is 9.82. The van der Waals surface area contributed by atoms with E-state index in [0.29, 0.717) is 53.1 Å². The molecule has 3 aromatic rings. The summed E-state index contributed by atoms with van der Waals surface area (Å²) in [5, 5.41) is 13.3. The highest BCUT2D eigenvalue weighted by molar-refractivity contribution is 6.29. The number of anilines is 1. The molecule has 10 heteroatoms. The molecule has 1 atom stereocenters. The lowest BCUT2D eigenvalue weighted by Gasteiger charge is -2.39. The van der Waals surface area contributed by atoms with Gasteiger partial charge in [-0.1, -0.05) is 23.7 Å². The maximum absolute atomic E-state index is 13.5. The molecular formula is C30H32ClN3O6. The van der Waals surface area contributed by atoms with Crippen molar-refractivity contribution in [1.29, 1.82) is 0 Å². The van der Waals surface area contributed by atoms with Crippen molar-refractivity contribution in [3.63, 3.8) is 0 Å². The van der Waals surface area contributed by atoms with E-state index in [9.17, 15) is 19.5 Å². The molecule has 2 aliphatic rings. The Labute approximate surface area is 236 Å². The molecule has 1 aliphatic heterocycles. The van der Waals surface area contributed by atoms with Gasteiger partial charge in [0.1, 0.15) is 22.1 Å². The minimum Gasteiger partial charge on any atom is -0.476 e. The fourth-order valence-electron chi connectivity index (χ4n) is 5.31. The third-order valence-electron chi connectivity index (χ3n) is 7.80. The van der Waals surface area contributed by atoms with Gasteiger partial charge in [-0.3, -0.25) is 4.79 Å². The number of hydrogen-bond donors (Lipinski definition) is 2. The molecule has 3 heterocycles. The highest BCUT2D eigenvalue weighted by Gasteiger charge is 2.37. The first kappa shape index (κ1) is 27.7. The van der Waals surface area contributed by atoms with Crippen molar-refractivity contribution in [2.75, 3.05) is 18.4 Å². The van der Waals surface area contributed by atoms with E-state index in [1.54, 1.807) is 24.0 Å². The van der Waals surface area contributed by atoms with Gasteiger partial charge in [-0.15, -0.1) is 0 Å². The molecule has 0 saturated heterocycles. The van der Waals surface area contributed by atoms with Gasteiger partial charge in [-0.25, -0.2) is 14.6 Å². The minimum absolute atomic E-state index is 0.0764. The molecular weight excluding hydrogens is 534 g/mol. The van der Waals surface area contributed by atoms with E-state index in [0.717, 1.165) is 30.4 Å². The number of rotatable bonds is 6.